The topological polar surface area (TPSA) is 124 Å². The summed E-state index contributed by atoms with van der Waals surface area (Å²) in [4.78, 5) is 47.4. The molecule has 9 heteroatoms. The van der Waals surface area contributed by atoms with Crippen LogP contribution >= 0.6 is 0 Å². The van der Waals surface area contributed by atoms with Crippen LogP contribution in [0.5, 0.6) is 0 Å². The predicted molar refractivity (Wildman–Crippen MR) is 73.5 cm³/mol. The Balaban J connectivity index is 1.76. The number of nitrogens with zero attached hydrogens (tertiary/aromatic N) is 2. The van der Waals surface area contributed by atoms with Crippen molar-refractivity contribution in [3.63, 3.8) is 0 Å². The Morgan fingerprint density at radius 1 is 1.18 bits per heavy atom. The smallest absolute Gasteiger partial charge is 0.322 e. The zero-order chi connectivity index (χ0) is 15.7. The van der Waals surface area contributed by atoms with Crippen LogP contribution in [-0.2, 0) is 4.79 Å². The predicted octanol–water partition coefficient (Wildman–Crippen LogP) is -0.331. The second-order valence-corrected chi connectivity index (χ2v) is 5.46. The molecular weight excluding hydrogens is 290 g/mol. The van der Waals surface area contributed by atoms with Crippen molar-refractivity contribution < 1.29 is 14.4 Å². The molecule has 2 aliphatic rings. The van der Waals surface area contributed by atoms with Gasteiger partial charge in [0.2, 0.25) is 0 Å². The normalized spacial score (nSPS) is 20.1. The molecule has 4 amide bonds. The molecule has 3 rings (SSSR count). The highest BCUT2D eigenvalue weighted by Gasteiger charge is 2.52. The summed E-state index contributed by atoms with van der Waals surface area (Å²) in [6.45, 7) is 0. The van der Waals surface area contributed by atoms with Crippen LogP contribution in [-0.4, -0.2) is 38.6 Å². The van der Waals surface area contributed by atoms with E-state index < -0.39 is 28.9 Å². The molecule has 0 bridgehead atoms. The number of rotatable bonds is 2. The van der Waals surface area contributed by atoms with E-state index in [1.165, 1.54) is 6.07 Å². The molecule has 0 unspecified atom stereocenters. The van der Waals surface area contributed by atoms with E-state index in [-0.39, 0.29) is 5.69 Å². The first-order valence-electron chi connectivity index (χ1n) is 7.05. The highest BCUT2D eigenvalue weighted by molar-refractivity contribution is 6.09. The maximum absolute atomic E-state index is 12.5. The summed E-state index contributed by atoms with van der Waals surface area (Å²) in [7, 11) is 0. The Hall–Kier alpha value is -2.71. The van der Waals surface area contributed by atoms with E-state index in [9.17, 15) is 19.2 Å². The molecular formula is C13H15N5O4. The molecule has 116 valence electrons. The summed E-state index contributed by atoms with van der Waals surface area (Å²) >= 11 is 0. The Bertz CT molecular complexity index is 671. The molecule has 1 saturated carbocycles. The van der Waals surface area contributed by atoms with Gasteiger partial charge in [-0.05, 0) is 18.9 Å². The summed E-state index contributed by atoms with van der Waals surface area (Å²) < 4.78 is 0. The molecule has 0 radical (unpaired) electrons. The minimum Gasteiger partial charge on any atom is -0.322 e. The van der Waals surface area contributed by atoms with Gasteiger partial charge < -0.3 is 5.32 Å². The van der Waals surface area contributed by atoms with Crippen LogP contribution in [0.2, 0.25) is 0 Å². The van der Waals surface area contributed by atoms with Crippen molar-refractivity contribution in [2.75, 3.05) is 0 Å². The third-order valence-corrected chi connectivity index (χ3v) is 3.99. The maximum atomic E-state index is 12.5. The average Bonchev–Trinajstić information content (AvgIpc) is 2.73. The second-order valence-electron chi connectivity index (χ2n) is 5.46. The SMILES string of the molecule is O=C(NN1C(=O)NC2(CCCCC2)C1=O)c1ccc(=O)[nH]n1. The molecule has 0 aromatic carbocycles. The maximum Gasteiger partial charge on any atom is 0.344 e. The van der Waals surface area contributed by atoms with Gasteiger partial charge >= 0.3 is 6.03 Å². The molecule has 2 fully saturated rings. The van der Waals surface area contributed by atoms with Gasteiger partial charge in [0.05, 0.1) is 0 Å². The van der Waals surface area contributed by atoms with Crippen molar-refractivity contribution in [2.45, 2.75) is 37.6 Å². The fraction of sp³-hybridized carbons (Fsp3) is 0.462. The lowest BCUT2D eigenvalue weighted by molar-refractivity contribution is -0.134. The van der Waals surface area contributed by atoms with Crippen LogP contribution in [0.25, 0.3) is 0 Å². The van der Waals surface area contributed by atoms with Gasteiger partial charge in [-0.3, -0.25) is 19.8 Å². The van der Waals surface area contributed by atoms with E-state index in [4.69, 9.17) is 0 Å². The lowest BCUT2D eigenvalue weighted by Gasteiger charge is -2.30. The third kappa shape index (κ3) is 2.34. The van der Waals surface area contributed by atoms with Crippen LogP contribution in [0.3, 0.4) is 0 Å². The number of H-pyrrole nitrogens is 1. The fourth-order valence-corrected chi connectivity index (χ4v) is 2.85. The molecule has 9 nitrogen and oxygen atoms in total. The van der Waals surface area contributed by atoms with Crippen molar-refractivity contribution >= 4 is 17.8 Å². The second kappa shape index (κ2) is 5.24. The first-order valence-corrected chi connectivity index (χ1v) is 7.05. The molecule has 1 saturated heterocycles. The molecule has 1 aliphatic heterocycles. The monoisotopic (exact) mass is 305 g/mol. The first kappa shape index (κ1) is 14.2. The third-order valence-electron chi connectivity index (χ3n) is 3.99. The van der Waals surface area contributed by atoms with E-state index in [1.807, 2.05) is 0 Å². The number of aromatic nitrogens is 2. The van der Waals surface area contributed by atoms with Crippen LogP contribution in [0.1, 0.15) is 42.6 Å². The van der Waals surface area contributed by atoms with Gasteiger partial charge in [0.15, 0.2) is 5.69 Å². The van der Waals surface area contributed by atoms with Gasteiger partial charge in [-0.2, -0.15) is 10.1 Å². The van der Waals surface area contributed by atoms with E-state index >= 15 is 0 Å². The number of hydrogen-bond donors (Lipinski definition) is 3. The number of carbonyl (C=O) groups excluding carboxylic acids is 3. The van der Waals surface area contributed by atoms with Crippen LogP contribution in [0.15, 0.2) is 16.9 Å². The summed E-state index contributed by atoms with van der Waals surface area (Å²) in [6.07, 6.45) is 3.88. The van der Waals surface area contributed by atoms with Gasteiger partial charge in [-0.1, -0.05) is 19.3 Å². The van der Waals surface area contributed by atoms with Crippen molar-refractivity contribution in [3.05, 3.63) is 28.2 Å². The van der Waals surface area contributed by atoms with Gasteiger partial charge in [-0.15, -0.1) is 0 Å². The quantitative estimate of drug-likeness (QED) is 0.645. The number of imide groups is 1. The Labute approximate surface area is 125 Å². The highest BCUT2D eigenvalue weighted by atomic mass is 16.2. The number of hydrogen-bond acceptors (Lipinski definition) is 5. The zero-order valence-electron chi connectivity index (χ0n) is 11.7. The van der Waals surface area contributed by atoms with Crippen molar-refractivity contribution in [3.8, 4) is 0 Å². The fourth-order valence-electron chi connectivity index (χ4n) is 2.85. The van der Waals surface area contributed by atoms with Crippen molar-refractivity contribution in [1.82, 2.24) is 25.9 Å². The van der Waals surface area contributed by atoms with E-state index in [0.717, 1.165) is 25.3 Å². The molecule has 1 spiro atoms. The highest BCUT2D eigenvalue weighted by Crippen LogP contribution is 2.32. The van der Waals surface area contributed by atoms with Crippen LogP contribution in [0.4, 0.5) is 4.79 Å². The van der Waals surface area contributed by atoms with Gasteiger partial charge in [0.1, 0.15) is 5.54 Å². The minimum atomic E-state index is -0.902. The summed E-state index contributed by atoms with van der Waals surface area (Å²) in [5, 5.41) is 9.04. The number of urea groups is 1. The standard InChI is InChI=1S/C13H15N5O4/c19-9-5-4-8(15-16-9)10(20)17-18-11(21)13(14-12(18)22)6-2-1-3-7-13/h4-5H,1-3,6-7H2,(H,14,22)(H,16,19)(H,17,20). The summed E-state index contributed by atoms with van der Waals surface area (Å²) in [5.74, 6) is -1.19. The van der Waals surface area contributed by atoms with Gasteiger partial charge in [-0.25, -0.2) is 9.89 Å². The first-order chi connectivity index (χ1) is 10.5. The molecule has 2 heterocycles. The van der Waals surface area contributed by atoms with Crippen molar-refractivity contribution in [2.24, 2.45) is 0 Å². The van der Waals surface area contributed by atoms with E-state index in [1.54, 1.807) is 0 Å². The number of amides is 4. The minimum absolute atomic E-state index is 0.0928. The number of hydrazine groups is 1. The average molecular weight is 305 g/mol. The zero-order valence-corrected chi connectivity index (χ0v) is 11.7. The summed E-state index contributed by atoms with van der Waals surface area (Å²) in [6, 6.07) is 1.70. The lowest BCUT2D eigenvalue weighted by atomic mass is 9.82. The molecule has 1 aliphatic carbocycles. The molecule has 0 atom stereocenters. The number of carbonyl (C=O) groups is 3. The number of aromatic amines is 1. The Morgan fingerprint density at radius 2 is 1.91 bits per heavy atom. The van der Waals surface area contributed by atoms with Gasteiger partial charge in [0, 0.05) is 6.07 Å². The van der Waals surface area contributed by atoms with Crippen molar-refractivity contribution in [1.29, 1.82) is 0 Å². The molecule has 1 aromatic rings. The number of nitrogens with one attached hydrogen (secondary N) is 3. The molecule has 1 aromatic heterocycles. The largest absolute Gasteiger partial charge is 0.344 e. The lowest BCUT2D eigenvalue weighted by Crippen LogP contribution is -2.51. The Kier molecular flexibility index (Phi) is 3.39. The van der Waals surface area contributed by atoms with Gasteiger partial charge in [0.25, 0.3) is 17.4 Å². The summed E-state index contributed by atoms with van der Waals surface area (Å²) in [5.41, 5.74) is 0.788. The van der Waals surface area contributed by atoms with E-state index in [2.05, 4.69) is 20.9 Å². The Morgan fingerprint density at radius 3 is 2.55 bits per heavy atom. The van der Waals surface area contributed by atoms with Crippen LogP contribution < -0.4 is 16.3 Å². The molecule has 22 heavy (non-hydrogen) atoms. The van der Waals surface area contributed by atoms with E-state index in [0.29, 0.717) is 17.9 Å². The van der Waals surface area contributed by atoms with Crippen LogP contribution in [0, 0.1) is 0 Å². The molecule has 3 N–H and O–H groups in total.